The molecule has 0 radical (unpaired) electrons. The number of nitrogen functional groups attached to an aromatic ring is 1. The Morgan fingerprint density at radius 1 is 1.12 bits per heavy atom. The van der Waals surface area contributed by atoms with Crippen molar-refractivity contribution in [2.75, 3.05) is 13.2 Å². The smallest absolute Gasteiger partial charge is 0.242 e. The number of hydrogen-bond acceptors (Lipinski definition) is 6. The third-order valence-electron chi connectivity index (χ3n) is 4.97. The Kier molecular flexibility index (Phi) is 12.1. The summed E-state index contributed by atoms with van der Waals surface area (Å²) in [7, 11) is 0. The number of aliphatic hydroxyl groups excluding tert-OH is 1. The molecule has 0 saturated heterocycles. The minimum absolute atomic E-state index is 0. The SMILES string of the molecule is CC(C)C(NC(=O)C(CO)NCc1ccc(C(=N)N)cc1)C(=O)NCCc1ccccn1.Cl. The summed E-state index contributed by atoms with van der Waals surface area (Å²) in [6.07, 6.45) is 2.29. The molecule has 0 fully saturated rings. The van der Waals surface area contributed by atoms with E-state index in [4.69, 9.17) is 11.1 Å². The molecule has 2 rings (SSSR count). The fourth-order valence-electron chi connectivity index (χ4n) is 3.04. The Morgan fingerprint density at radius 3 is 2.36 bits per heavy atom. The van der Waals surface area contributed by atoms with E-state index >= 15 is 0 Å². The Bertz CT molecular complexity index is 893. The summed E-state index contributed by atoms with van der Waals surface area (Å²) >= 11 is 0. The lowest BCUT2D eigenvalue weighted by molar-refractivity contribution is -0.131. The molecule has 1 heterocycles. The van der Waals surface area contributed by atoms with E-state index in [2.05, 4.69) is 20.9 Å². The molecule has 33 heavy (non-hydrogen) atoms. The molecule has 0 saturated carbocycles. The van der Waals surface area contributed by atoms with Gasteiger partial charge in [0.1, 0.15) is 17.9 Å². The summed E-state index contributed by atoms with van der Waals surface area (Å²) in [4.78, 5) is 29.5. The number of nitrogens with zero attached hydrogens (tertiary/aromatic N) is 1. The monoisotopic (exact) mass is 476 g/mol. The van der Waals surface area contributed by atoms with Crippen molar-refractivity contribution in [3.8, 4) is 0 Å². The number of carbonyl (C=O) groups is 2. The third kappa shape index (κ3) is 9.17. The van der Waals surface area contributed by atoms with E-state index in [-0.39, 0.29) is 30.1 Å². The molecule has 180 valence electrons. The second-order valence-corrected chi connectivity index (χ2v) is 7.82. The van der Waals surface area contributed by atoms with Gasteiger partial charge in [0.05, 0.1) is 6.61 Å². The zero-order valence-electron chi connectivity index (χ0n) is 18.9. The molecule has 9 nitrogen and oxygen atoms in total. The van der Waals surface area contributed by atoms with Gasteiger partial charge in [-0.1, -0.05) is 44.2 Å². The molecule has 1 aromatic heterocycles. The lowest BCUT2D eigenvalue weighted by Crippen LogP contribution is -2.55. The summed E-state index contributed by atoms with van der Waals surface area (Å²) in [5.41, 5.74) is 7.80. The topological polar surface area (TPSA) is 153 Å². The summed E-state index contributed by atoms with van der Waals surface area (Å²) < 4.78 is 0. The van der Waals surface area contributed by atoms with Crippen LogP contribution >= 0.6 is 12.4 Å². The lowest BCUT2D eigenvalue weighted by atomic mass is 10.0. The molecule has 2 atom stereocenters. The largest absolute Gasteiger partial charge is 0.394 e. The van der Waals surface area contributed by atoms with E-state index < -0.39 is 24.6 Å². The van der Waals surface area contributed by atoms with E-state index in [1.807, 2.05) is 32.0 Å². The van der Waals surface area contributed by atoms with Gasteiger partial charge in [0.15, 0.2) is 0 Å². The van der Waals surface area contributed by atoms with Gasteiger partial charge in [-0.2, -0.15) is 0 Å². The Labute approximate surface area is 200 Å². The first-order valence-corrected chi connectivity index (χ1v) is 10.6. The van der Waals surface area contributed by atoms with Gasteiger partial charge in [-0.15, -0.1) is 12.4 Å². The Morgan fingerprint density at radius 2 is 1.82 bits per heavy atom. The van der Waals surface area contributed by atoms with Gasteiger partial charge >= 0.3 is 0 Å². The first-order valence-electron chi connectivity index (χ1n) is 10.6. The number of carbonyl (C=O) groups excluding carboxylic acids is 2. The van der Waals surface area contributed by atoms with Crippen molar-refractivity contribution in [1.82, 2.24) is 20.9 Å². The van der Waals surface area contributed by atoms with Crippen LogP contribution in [0, 0.1) is 11.3 Å². The van der Waals surface area contributed by atoms with Crippen LogP contribution in [-0.2, 0) is 22.6 Å². The normalized spacial score (nSPS) is 12.4. The number of nitrogens with two attached hydrogens (primary N) is 1. The second-order valence-electron chi connectivity index (χ2n) is 7.82. The maximum Gasteiger partial charge on any atom is 0.242 e. The van der Waals surface area contributed by atoms with Crippen LogP contribution in [0.4, 0.5) is 0 Å². The maximum absolute atomic E-state index is 12.7. The molecule has 10 heteroatoms. The predicted octanol–water partition coefficient (Wildman–Crippen LogP) is 0.738. The molecule has 0 spiro atoms. The highest BCUT2D eigenvalue weighted by molar-refractivity contribution is 5.94. The molecule has 0 aliphatic rings. The van der Waals surface area contributed by atoms with Gasteiger partial charge in [0, 0.05) is 37.0 Å². The summed E-state index contributed by atoms with van der Waals surface area (Å²) in [6, 6.07) is 11.0. The minimum Gasteiger partial charge on any atom is -0.394 e. The van der Waals surface area contributed by atoms with Crippen LogP contribution < -0.4 is 21.7 Å². The molecule has 2 amide bonds. The van der Waals surface area contributed by atoms with E-state index in [0.29, 0.717) is 25.1 Å². The number of nitrogens with one attached hydrogen (secondary N) is 4. The number of rotatable bonds is 12. The highest BCUT2D eigenvalue weighted by atomic mass is 35.5. The first kappa shape index (κ1) is 28.0. The molecule has 0 aliphatic carbocycles. The van der Waals surface area contributed by atoms with Crippen LogP contribution in [-0.4, -0.2) is 53.0 Å². The van der Waals surface area contributed by atoms with Crippen LogP contribution in [0.1, 0.15) is 30.7 Å². The van der Waals surface area contributed by atoms with Crippen LogP contribution in [0.5, 0.6) is 0 Å². The number of halogens is 1. The van der Waals surface area contributed by atoms with E-state index in [0.717, 1.165) is 11.3 Å². The standard InChI is InChI=1S/C23H32N6O3.ClH/c1-15(2)20(23(32)27-12-10-18-5-3-4-11-26-18)29-22(31)19(14-30)28-13-16-6-8-17(9-7-16)21(24)25;/h3-9,11,15,19-20,28,30H,10,12-14H2,1-2H3,(H3,24,25)(H,27,32)(H,29,31);1H. The third-order valence-corrected chi connectivity index (χ3v) is 4.97. The lowest BCUT2D eigenvalue weighted by Gasteiger charge is -2.24. The predicted molar refractivity (Wildman–Crippen MR) is 130 cm³/mol. The molecule has 7 N–H and O–H groups in total. The summed E-state index contributed by atoms with van der Waals surface area (Å²) in [6.45, 7) is 4.03. The van der Waals surface area contributed by atoms with Gasteiger partial charge < -0.3 is 21.5 Å². The van der Waals surface area contributed by atoms with Gasteiger partial charge in [0.25, 0.3) is 0 Å². The van der Waals surface area contributed by atoms with E-state index in [1.165, 1.54) is 0 Å². The zero-order valence-corrected chi connectivity index (χ0v) is 19.7. The number of benzene rings is 1. The quantitative estimate of drug-likeness (QED) is 0.196. The van der Waals surface area contributed by atoms with Crippen LogP contribution in [0.25, 0.3) is 0 Å². The highest BCUT2D eigenvalue weighted by Crippen LogP contribution is 2.06. The van der Waals surface area contributed by atoms with Crippen molar-refractivity contribution in [2.45, 2.75) is 38.9 Å². The van der Waals surface area contributed by atoms with Gasteiger partial charge in [0.2, 0.25) is 11.8 Å². The number of pyridine rings is 1. The summed E-state index contributed by atoms with van der Waals surface area (Å²) in [5, 5.41) is 25.7. The van der Waals surface area contributed by atoms with Crippen molar-refractivity contribution < 1.29 is 14.7 Å². The fraction of sp³-hybridized carbons (Fsp3) is 0.391. The summed E-state index contributed by atoms with van der Waals surface area (Å²) in [5.74, 6) is -0.880. The van der Waals surface area contributed by atoms with Gasteiger partial charge in [-0.3, -0.25) is 25.3 Å². The highest BCUT2D eigenvalue weighted by Gasteiger charge is 2.27. The van der Waals surface area contributed by atoms with E-state index in [9.17, 15) is 14.7 Å². The average Bonchev–Trinajstić information content (AvgIpc) is 2.78. The maximum atomic E-state index is 12.7. The van der Waals surface area contributed by atoms with Gasteiger partial charge in [-0.25, -0.2) is 0 Å². The number of amidine groups is 1. The molecule has 0 bridgehead atoms. The van der Waals surface area contributed by atoms with Crippen molar-refractivity contribution in [1.29, 1.82) is 5.41 Å². The molecule has 1 aromatic carbocycles. The van der Waals surface area contributed by atoms with Crippen molar-refractivity contribution in [3.63, 3.8) is 0 Å². The Balaban J connectivity index is 0.00000544. The number of amides is 2. The van der Waals surface area contributed by atoms with Crippen molar-refractivity contribution in [3.05, 3.63) is 65.5 Å². The van der Waals surface area contributed by atoms with Crippen LogP contribution in [0.15, 0.2) is 48.7 Å². The molecular weight excluding hydrogens is 444 g/mol. The van der Waals surface area contributed by atoms with Crippen molar-refractivity contribution in [2.24, 2.45) is 11.7 Å². The van der Waals surface area contributed by atoms with Crippen molar-refractivity contribution >= 4 is 30.1 Å². The molecule has 0 aliphatic heterocycles. The number of aromatic nitrogens is 1. The second kappa shape index (κ2) is 14.2. The molecular formula is C23H33ClN6O3. The van der Waals surface area contributed by atoms with Gasteiger partial charge in [-0.05, 0) is 23.6 Å². The zero-order chi connectivity index (χ0) is 23.5. The first-order chi connectivity index (χ1) is 15.3. The Hall–Kier alpha value is -3.01. The molecule has 2 unspecified atom stereocenters. The minimum atomic E-state index is -0.870. The number of aliphatic hydroxyl groups is 1. The van der Waals surface area contributed by atoms with Crippen LogP contribution in [0.3, 0.4) is 0 Å². The number of hydrogen-bond donors (Lipinski definition) is 6. The fourth-order valence-corrected chi connectivity index (χ4v) is 3.04. The van der Waals surface area contributed by atoms with E-state index in [1.54, 1.807) is 30.5 Å². The molecule has 2 aromatic rings. The van der Waals surface area contributed by atoms with Crippen LogP contribution in [0.2, 0.25) is 0 Å². The average molecular weight is 477 g/mol.